The highest BCUT2D eigenvalue weighted by Crippen LogP contribution is 2.39. The molecule has 0 bridgehead atoms. The molecule has 3 rings (SSSR count). The van der Waals surface area contributed by atoms with Crippen molar-refractivity contribution in [3.63, 3.8) is 0 Å². The molecule has 0 N–H and O–H groups in total. The lowest BCUT2D eigenvalue weighted by atomic mass is 9.97. The van der Waals surface area contributed by atoms with Crippen molar-refractivity contribution in [2.24, 2.45) is 0 Å². The summed E-state index contributed by atoms with van der Waals surface area (Å²) < 4.78 is 27.1. The second-order valence-electron chi connectivity index (χ2n) is 7.80. The summed E-state index contributed by atoms with van der Waals surface area (Å²) in [6.07, 6.45) is -1.82. The fourth-order valence-corrected chi connectivity index (χ4v) is 3.08. The lowest BCUT2D eigenvalue weighted by molar-refractivity contribution is -0.260. The van der Waals surface area contributed by atoms with Gasteiger partial charge in [-0.15, -0.1) is 0 Å². The molecule has 9 heteroatoms. The molecule has 3 atom stereocenters. The zero-order valence-electron chi connectivity index (χ0n) is 15.0. The first-order valence-corrected chi connectivity index (χ1v) is 8.14. The van der Waals surface area contributed by atoms with Crippen molar-refractivity contribution in [1.29, 1.82) is 0 Å². The molecule has 0 aromatic heterocycles. The summed E-state index contributed by atoms with van der Waals surface area (Å²) in [6.45, 7) is 8.12. The van der Waals surface area contributed by atoms with Crippen LogP contribution >= 0.6 is 0 Å². The highest BCUT2D eigenvalue weighted by molar-refractivity contribution is 5.95. The number of carbonyl (C=O) groups excluding carboxylic acids is 3. The predicted molar refractivity (Wildman–Crippen MR) is 81.4 cm³/mol. The van der Waals surface area contributed by atoms with Gasteiger partial charge in [0.25, 0.3) is 5.79 Å². The number of ketones is 1. The van der Waals surface area contributed by atoms with Crippen LogP contribution in [0.3, 0.4) is 0 Å². The van der Waals surface area contributed by atoms with Crippen LogP contribution < -0.4 is 0 Å². The number of fused-ring (bicyclic) bond motifs is 1. The van der Waals surface area contributed by atoms with E-state index in [0.717, 1.165) is 4.90 Å². The van der Waals surface area contributed by atoms with Crippen molar-refractivity contribution in [2.45, 2.75) is 63.9 Å². The number of carbonyl (C=O) groups is 3. The Morgan fingerprint density at radius 1 is 1.28 bits per heavy atom. The first-order valence-electron chi connectivity index (χ1n) is 8.14. The quantitative estimate of drug-likeness (QED) is 0.662. The van der Waals surface area contributed by atoms with Crippen LogP contribution in [0.5, 0.6) is 0 Å². The van der Waals surface area contributed by atoms with Gasteiger partial charge in [0.2, 0.25) is 5.78 Å². The van der Waals surface area contributed by atoms with E-state index in [1.165, 1.54) is 0 Å². The second kappa shape index (κ2) is 5.65. The van der Waals surface area contributed by atoms with Crippen LogP contribution in [0.4, 0.5) is 4.79 Å². The molecule has 0 radical (unpaired) electrons. The number of amides is 1. The molecule has 140 valence electrons. The topological polar surface area (TPSA) is 101 Å². The molecule has 9 nitrogen and oxygen atoms in total. The van der Waals surface area contributed by atoms with E-state index in [1.807, 2.05) is 0 Å². The average molecular weight is 357 g/mol. The van der Waals surface area contributed by atoms with Crippen LogP contribution in [0.1, 0.15) is 34.6 Å². The number of hydrogen-bond acceptors (Lipinski definition) is 8. The van der Waals surface area contributed by atoms with Gasteiger partial charge in [-0.05, 0) is 34.6 Å². The Hall–Kier alpha value is -1.71. The van der Waals surface area contributed by atoms with Crippen LogP contribution in [0, 0.1) is 0 Å². The minimum atomic E-state index is -1.58. The summed E-state index contributed by atoms with van der Waals surface area (Å²) >= 11 is 0. The molecule has 1 amide bonds. The average Bonchev–Trinajstić information content (AvgIpc) is 2.92. The van der Waals surface area contributed by atoms with Gasteiger partial charge in [0.15, 0.2) is 11.9 Å². The van der Waals surface area contributed by atoms with Crippen LogP contribution in [-0.4, -0.2) is 71.8 Å². The molecule has 0 aromatic rings. The molecular weight excluding hydrogens is 334 g/mol. The third-order valence-corrected chi connectivity index (χ3v) is 4.07. The van der Waals surface area contributed by atoms with Gasteiger partial charge in [0.1, 0.15) is 24.8 Å². The first-order chi connectivity index (χ1) is 11.4. The molecule has 0 aliphatic carbocycles. The lowest BCUT2D eigenvalue weighted by Crippen LogP contribution is -2.61. The normalized spacial score (nSPS) is 34.2. The zero-order chi connectivity index (χ0) is 18.6. The highest BCUT2D eigenvalue weighted by Gasteiger charge is 2.63. The third kappa shape index (κ3) is 3.36. The predicted octanol–water partition coefficient (Wildman–Crippen LogP) is 0.596. The molecular formula is C16H23NO8. The fourth-order valence-electron chi connectivity index (χ4n) is 3.08. The summed E-state index contributed by atoms with van der Waals surface area (Å²) in [5.41, 5.74) is -0.677. The number of ether oxygens (including phenoxy) is 5. The number of esters is 1. The van der Waals surface area contributed by atoms with Crippen LogP contribution in [-0.2, 0) is 33.3 Å². The van der Waals surface area contributed by atoms with Gasteiger partial charge in [-0.2, -0.15) is 0 Å². The fraction of sp³-hybridized carbons (Fsp3) is 0.812. The second-order valence-corrected chi connectivity index (χ2v) is 7.80. The smallest absolute Gasteiger partial charge is 0.411 e. The van der Waals surface area contributed by atoms with Crippen molar-refractivity contribution in [3.8, 4) is 0 Å². The molecule has 3 aliphatic heterocycles. The Bertz CT molecular complexity index is 610. The van der Waals surface area contributed by atoms with Gasteiger partial charge < -0.3 is 23.7 Å². The molecule has 3 fully saturated rings. The molecule has 25 heavy (non-hydrogen) atoms. The van der Waals surface area contributed by atoms with Crippen molar-refractivity contribution in [3.05, 3.63) is 0 Å². The van der Waals surface area contributed by atoms with Gasteiger partial charge in [-0.1, -0.05) is 0 Å². The van der Waals surface area contributed by atoms with Gasteiger partial charge in [-0.3, -0.25) is 14.5 Å². The Kier molecular flexibility index (Phi) is 4.09. The standard InChI is InChI=1S/C16H23NO8/c1-14(2,3)24-10(18)6-17-9-7-21-16(8-22-15(4,5)25-16)12(19)11(9)23-13(17)20/h9,11H,6-8H2,1-5H3/t9-,11-,16+/m1/s1. The minimum absolute atomic E-state index is 0.00954. The van der Waals surface area contributed by atoms with Gasteiger partial charge in [-0.25, -0.2) is 4.79 Å². The minimum Gasteiger partial charge on any atom is -0.459 e. The highest BCUT2D eigenvalue weighted by atomic mass is 16.8. The molecule has 0 saturated carbocycles. The maximum atomic E-state index is 12.8. The van der Waals surface area contributed by atoms with E-state index >= 15 is 0 Å². The van der Waals surface area contributed by atoms with E-state index in [4.69, 9.17) is 23.7 Å². The number of nitrogens with zero attached hydrogens (tertiary/aromatic N) is 1. The van der Waals surface area contributed by atoms with Gasteiger partial charge in [0, 0.05) is 0 Å². The zero-order valence-corrected chi connectivity index (χ0v) is 15.0. The summed E-state index contributed by atoms with van der Waals surface area (Å²) in [5.74, 6) is -3.65. The lowest BCUT2D eigenvalue weighted by Gasteiger charge is -2.37. The van der Waals surface area contributed by atoms with E-state index in [-0.39, 0.29) is 19.8 Å². The Balaban J connectivity index is 1.72. The third-order valence-electron chi connectivity index (χ3n) is 4.07. The van der Waals surface area contributed by atoms with E-state index < -0.39 is 47.2 Å². The number of hydrogen-bond donors (Lipinski definition) is 0. The van der Waals surface area contributed by atoms with Gasteiger partial charge in [0.05, 0.1) is 6.61 Å². The van der Waals surface area contributed by atoms with E-state index in [0.29, 0.717) is 0 Å². The first kappa shape index (κ1) is 18.1. The van der Waals surface area contributed by atoms with Crippen molar-refractivity contribution < 1.29 is 38.1 Å². The van der Waals surface area contributed by atoms with Crippen LogP contribution in [0.2, 0.25) is 0 Å². The number of Topliss-reactive ketones (excluding diaryl/α,β-unsaturated/α-hetero) is 1. The maximum Gasteiger partial charge on any atom is 0.411 e. The molecule has 3 heterocycles. The monoisotopic (exact) mass is 357 g/mol. The Morgan fingerprint density at radius 3 is 2.52 bits per heavy atom. The van der Waals surface area contributed by atoms with E-state index in [9.17, 15) is 14.4 Å². The summed E-state index contributed by atoms with van der Waals surface area (Å²) in [6, 6.07) is -0.703. The van der Waals surface area contributed by atoms with Crippen LogP contribution in [0.25, 0.3) is 0 Å². The summed E-state index contributed by atoms with van der Waals surface area (Å²) in [7, 11) is 0. The SMILES string of the molecule is CC(C)(C)OC(=O)CN1C(=O)O[C@H]2C(=O)[C@@]3(COC(C)(C)O3)OC[C@H]21. The van der Waals surface area contributed by atoms with Gasteiger partial charge >= 0.3 is 12.1 Å². The van der Waals surface area contributed by atoms with E-state index in [1.54, 1.807) is 34.6 Å². The summed E-state index contributed by atoms with van der Waals surface area (Å²) in [4.78, 5) is 38.1. The largest absolute Gasteiger partial charge is 0.459 e. The molecule has 3 aliphatic rings. The Labute approximate surface area is 145 Å². The maximum absolute atomic E-state index is 12.8. The molecule has 1 spiro atoms. The van der Waals surface area contributed by atoms with Crippen LogP contribution in [0.15, 0.2) is 0 Å². The molecule has 0 unspecified atom stereocenters. The van der Waals surface area contributed by atoms with E-state index in [2.05, 4.69) is 0 Å². The van der Waals surface area contributed by atoms with Crippen molar-refractivity contribution in [1.82, 2.24) is 4.90 Å². The van der Waals surface area contributed by atoms with Crippen molar-refractivity contribution in [2.75, 3.05) is 19.8 Å². The molecule has 3 saturated heterocycles. The molecule has 0 aromatic carbocycles. The Morgan fingerprint density at radius 2 is 1.96 bits per heavy atom. The number of rotatable bonds is 2. The van der Waals surface area contributed by atoms with Crippen molar-refractivity contribution >= 4 is 17.8 Å². The summed E-state index contributed by atoms with van der Waals surface area (Å²) in [5, 5.41) is 0.